The molecule has 0 aliphatic carbocycles. The molecule has 2 heterocycles. The maximum absolute atomic E-state index is 13.0. The van der Waals surface area contributed by atoms with E-state index < -0.39 is 0 Å². The Morgan fingerprint density at radius 3 is 2.63 bits per heavy atom. The minimum Gasteiger partial charge on any atom is -0.480 e. The maximum atomic E-state index is 13.0. The number of thioether (sulfide) groups is 1. The van der Waals surface area contributed by atoms with Crippen LogP contribution in [0.15, 0.2) is 71.2 Å². The van der Waals surface area contributed by atoms with Crippen LogP contribution >= 0.6 is 24.0 Å². The number of thiocarbonyl (C=S) groups is 1. The molecular formula is C25H25NO2S2. The first-order chi connectivity index (χ1) is 14.7. The zero-order chi connectivity index (χ0) is 20.9. The van der Waals surface area contributed by atoms with E-state index in [0.29, 0.717) is 15.8 Å². The van der Waals surface area contributed by atoms with Gasteiger partial charge in [-0.25, -0.2) is 0 Å². The van der Waals surface area contributed by atoms with Gasteiger partial charge in [0.2, 0.25) is 0 Å². The molecule has 1 unspecified atom stereocenters. The van der Waals surface area contributed by atoms with E-state index in [0.717, 1.165) is 35.3 Å². The summed E-state index contributed by atoms with van der Waals surface area (Å²) >= 11 is 6.89. The molecule has 1 fully saturated rings. The van der Waals surface area contributed by atoms with Crippen LogP contribution in [-0.2, 0) is 4.79 Å². The molecule has 5 heteroatoms. The minimum atomic E-state index is -0.255. The number of para-hydroxylation sites is 1. The smallest absolute Gasteiger partial charge is 0.266 e. The van der Waals surface area contributed by atoms with Crippen molar-refractivity contribution in [1.29, 1.82) is 0 Å². The number of fused-ring (bicyclic) bond motifs is 1. The van der Waals surface area contributed by atoms with Gasteiger partial charge in [0.15, 0.2) is 0 Å². The van der Waals surface area contributed by atoms with Crippen LogP contribution in [0.4, 0.5) is 0 Å². The quantitative estimate of drug-likeness (QED) is 0.281. The van der Waals surface area contributed by atoms with Gasteiger partial charge in [-0.2, -0.15) is 0 Å². The van der Waals surface area contributed by atoms with Crippen LogP contribution < -0.4 is 4.74 Å². The van der Waals surface area contributed by atoms with Crippen molar-refractivity contribution in [3.8, 4) is 5.75 Å². The lowest BCUT2D eigenvalue weighted by Crippen LogP contribution is -2.29. The Balaban J connectivity index is 1.62. The number of unbranched alkanes of at least 4 members (excludes halogenated alkanes) is 3. The molecule has 0 N–H and O–H groups in total. The fourth-order valence-electron chi connectivity index (χ4n) is 3.70. The average molecular weight is 436 g/mol. The summed E-state index contributed by atoms with van der Waals surface area (Å²) in [4.78, 5) is 15.4. The van der Waals surface area contributed by atoms with Crippen molar-refractivity contribution in [1.82, 2.24) is 4.90 Å². The van der Waals surface area contributed by atoms with Crippen molar-refractivity contribution >= 4 is 40.3 Å². The molecule has 0 saturated carbocycles. The molecule has 2 aliphatic heterocycles. The second kappa shape index (κ2) is 9.63. The third-order valence-electron chi connectivity index (χ3n) is 5.30. The zero-order valence-corrected chi connectivity index (χ0v) is 18.7. The van der Waals surface area contributed by atoms with Crippen LogP contribution in [0.5, 0.6) is 5.75 Å². The minimum absolute atomic E-state index is 0.00747. The summed E-state index contributed by atoms with van der Waals surface area (Å²) < 4.78 is 6.99. The third kappa shape index (κ3) is 4.52. The highest BCUT2D eigenvalue weighted by atomic mass is 32.2. The first-order valence-electron chi connectivity index (χ1n) is 10.4. The Bertz CT molecular complexity index is 997. The van der Waals surface area contributed by atoms with Gasteiger partial charge in [0.1, 0.15) is 16.2 Å². The lowest BCUT2D eigenvalue weighted by Gasteiger charge is -2.26. The van der Waals surface area contributed by atoms with Crippen LogP contribution in [0.25, 0.3) is 6.08 Å². The van der Waals surface area contributed by atoms with E-state index in [9.17, 15) is 4.79 Å². The molecule has 2 aromatic carbocycles. The summed E-state index contributed by atoms with van der Waals surface area (Å²) in [6, 6.07) is 18.1. The Kier molecular flexibility index (Phi) is 6.70. The summed E-state index contributed by atoms with van der Waals surface area (Å²) in [6.45, 7) is 2.88. The van der Waals surface area contributed by atoms with Crippen molar-refractivity contribution in [2.24, 2.45) is 0 Å². The van der Waals surface area contributed by atoms with E-state index in [4.69, 9.17) is 17.0 Å². The standard InChI is InChI=1S/C25H25NO2S2/c1-2-3-4-10-15-26-24(27)22(30-25(26)29)17-20-16-19-13-8-9-14-21(19)28-23(20)18-11-6-5-7-12-18/h5-9,11-14,16-17,23H,2-4,10,15H2,1H3/b22-17-. The number of hydrogen-bond acceptors (Lipinski definition) is 4. The molecule has 0 radical (unpaired) electrons. The van der Waals surface area contributed by atoms with Gasteiger partial charge < -0.3 is 4.74 Å². The number of carbonyl (C=O) groups excluding carboxylic acids is 1. The summed E-state index contributed by atoms with van der Waals surface area (Å²) in [5, 5.41) is 0. The maximum Gasteiger partial charge on any atom is 0.266 e. The third-order valence-corrected chi connectivity index (χ3v) is 6.68. The van der Waals surface area contributed by atoms with Gasteiger partial charge in [-0.3, -0.25) is 9.69 Å². The molecule has 4 rings (SSSR count). The summed E-state index contributed by atoms with van der Waals surface area (Å²) in [5.74, 6) is 0.861. The van der Waals surface area contributed by atoms with Crippen molar-refractivity contribution in [3.05, 3.63) is 82.3 Å². The van der Waals surface area contributed by atoms with Crippen molar-refractivity contribution in [2.75, 3.05) is 6.54 Å². The molecular weight excluding hydrogens is 410 g/mol. The highest BCUT2D eigenvalue weighted by Gasteiger charge is 2.33. The topological polar surface area (TPSA) is 29.5 Å². The van der Waals surface area contributed by atoms with Crippen LogP contribution in [0, 0.1) is 0 Å². The highest BCUT2D eigenvalue weighted by molar-refractivity contribution is 8.26. The van der Waals surface area contributed by atoms with Gasteiger partial charge in [-0.05, 0) is 35.8 Å². The number of nitrogens with zero attached hydrogens (tertiary/aromatic N) is 1. The molecule has 0 spiro atoms. The first-order valence-corrected chi connectivity index (χ1v) is 11.7. The van der Waals surface area contributed by atoms with Gasteiger partial charge in [0.05, 0.1) is 4.91 Å². The summed E-state index contributed by atoms with van der Waals surface area (Å²) in [6.07, 6.45) is 8.29. The van der Waals surface area contributed by atoms with Crippen LogP contribution in [0.1, 0.15) is 49.8 Å². The predicted molar refractivity (Wildman–Crippen MR) is 128 cm³/mol. The summed E-state index contributed by atoms with van der Waals surface area (Å²) in [5.41, 5.74) is 3.04. The Morgan fingerprint density at radius 1 is 1.07 bits per heavy atom. The second-order valence-corrected chi connectivity index (χ2v) is 9.16. The normalized spacial score (nSPS) is 19.6. The van der Waals surface area contributed by atoms with Gasteiger partial charge in [0.25, 0.3) is 5.91 Å². The van der Waals surface area contributed by atoms with E-state index in [2.05, 4.69) is 25.1 Å². The van der Waals surface area contributed by atoms with E-state index in [1.807, 2.05) is 48.5 Å². The molecule has 2 aliphatic rings. The molecule has 0 bridgehead atoms. The molecule has 3 nitrogen and oxygen atoms in total. The van der Waals surface area contributed by atoms with Crippen molar-refractivity contribution < 1.29 is 9.53 Å². The highest BCUT2D eigenvalue weighted by Crippen LogP contribution is 2.40. The summed E-state index contributed by atoms with van der Waals surface area (Å²) in [7, 11) is 0. The largest absolute Gasteiger partial charge is 0.480 e. The monoisotopic (exact) mass is 435 g/mol. The average Bonchev–Trinajstić information content (AvgIpc) is 3.04. The van der Waals surface area contributed by atoms with Crippen LogP contribution in [-0.4, -0.2) is 21.7 Å². The fraction of sp³-hybridized carbons (Fsp3) is 0.280. The molecule has 1 atom stereocenters. The predicted octanol–water partition coefficient (Wildman–Crippen LogP) is 6.53. The molecule has 30 heavy (non-hydrogen) atoms. The number of ether oxygens (including phenoxy) is 1. The van der Waals surface area contributed by atoms with Crippen molar-refractivity contribution in [2.45, 2.75) is 38.7 Å². The van der Waals surface area contributed by atoms with E-state index >= 15 is 0 Å². The van der Waals surface area contributed by atoms with E-state index in [1.165, 1.54) is 24.6 Å². The molecule has 2 aromatic rings. The zero-order valence-electron chi connectivity index (χ0n) is 17.0. The molecule has 1 amide bonds. The number of benzene rings is 2. The SMILES string of the molecule is CCCCCCN1C(=O)/C(=C/C2=Cc3ccccc3OC2c2ccccc2)SC1=S. The van der Waals surface area contributed by atoms with E-state index in [-0.39, 0.29) is 12.0 Å². The lowest BCUT2D eigenvalue weighted by atomic mass is 9.95. The van der Waals surface area contributed by atoms with Gasteiger partial charge in [-0.1, -0.05) is 98.7 Å². The lowest BCUT2D eigenvalue weighted by molar-refractivity contribution is -0.122. The Morgan fingerprint density at radius 2 is 1.83 bits per heavy atom. The number of carbonyl (C=O) groups is 1. The fourth-order valence-corrected chi connectivity index (χ4v) is 5.01. The van der Waals surface area contributed by atoms with Crippen LogP contribution in [0.3, 0.4) is 0 Å². The van der Waals surface area contributed by atoms with Gasteiger partial charge in [0, 0.05) is 12.1 Å². The second-order valence-electron chi connectivity index (χ2n) is 7.48. The van der Waals surface area contributed by atoms with Crippen LogP contribution in [0.2, 0.25) is 0 Å². The Labute approximate surface area is 187 Å². The molecule has 0 aromatic heterocycles. The molecule has 1 saturated heterocycles. The number of rotatable bonds is 7. The Hall–Kier alpha value is -2.37. The van der Waals surface area contributed by atoms with E-state index in [1.54, 1.807) is 4.90 Å². The number of amides is 1. The van der Waals surface area contributed by atoms with Crippen molar-refractivity contribution in [3.63, 3.8) is 0 Å². The molecule has 154 valence electrons. The number of hydrogen-bond donors (Lipinski definition) is 0. The van der Waals surface area contributed by atoms with Gasteiger partial charge >= 0.3 is 0 Å². The van der Waals surface area contributed by atoms with Gasteiger partial charge in [-0.15, -0.1) is 0 Å². The first kappa shape index (κ1) is 20.9.